The van der Waals surface area contributed by atoms with Crippen LogP contribution in [0.3, 0.4) is 0 Å². The molecule has 182 valence electrons. The lowest BCUT2D eigenvalue weighted by Gasteiger charge is -2.36. The summed E-state index contributed by atoms with van der Waals surface area (Å²) in [6, 6.07) is 36.8. The molecule has 0 fully saturated rings. The third-order valence-electron chi connectivity index (χ3n) is 6.20. The average molecular weight is 496 g/mol. The second-order valence-corrected chi connectivity index (χ2v) is 9.82. The van der Waals surface area contributed by atoms with Gasteiger partial charge in [-0.1, -0.05) is 103 Å². The molecule has 1 amide bonds. The number of aliphatic hydroxyl groups is 1. The fourth-order valence-corrected chi connectivity index (χ4v) is 5.88. The van der Waals surface area contributed by atoms with Crippen LogP contribution in [0.15, 0.2) is 115 Å². The van der Waals surface area contributed by atoms with Gasteiger partial charge in [0, 0.05) is 11.3 Å². The van der Waals surface area contributed by atoms with Gasteiger partial charge in [-0.15, -0.1) is 11.8 Å². The summed E-state index contributed by atoms with van der Waals surface area (Å²) in [6.45, 7) is 1.42. The number of ketones is 1. The van der Waals surface area contributed by atoms with Crippen molar-refractivity contribution < 1.29 is 14.7 Å². The van der Waals surface area contributed by atoms with Gasteiger partial charge in [0.2, 0.25) is 0 Å². The van der Waals surface area contributed by atoms with E-state index in [9.17, 15) is 14.7 Å². The van der Waals surface area contributed by atoms with Crippen molar-refractivity contribution in [2.75, 3.05) is 5.75 Å². The normalized spacial score (nSPS) is 12.1. The van der Waals surface area contributed by atoms with Gasteiger partial charge in [-0.05, 0) is 41.3 Å². The number of hydrogen-bond donors (Lipinski definition) is 2. The molecule has 1 unspecified atom stereocenters. The second kappa shape index (κ2) is 11.8. The summed E-state index contributed by atoms with van der Waals surface area (Å²) in [5, 5.41) is 12.2. The third-order valence-corrected chi connectivity index (χ3v) is 7.84. The average Bonchev–Trinajstić information content (AvgIpc) is 2.94. The van der Waals surface area contributed by atoms with Gasteiger partial charge >= 0.3 is 0 Å². The number of carbonyl (C=O) groups excluding carboxylic acids is 2. The molecule has 0 aliphatic carbocycles. The van der Waals surface area contributed by atoms with Crippen LogP contribution in [0.2, 0.25) is 0 Å². The van der Waals surface area contributed by atoms with Crippen molar-refractivity contribution in [3.8, 4) is 0 Å². The minimum absolute atomic E-state index is 0.0881. The molecule has 5 heteroatoms. The molecule has 36 heavy (non-hydrogen) atoms. The van der Waals surface area contributed by atoms with E-state index in [0.717, 1.165) is 22.3 Å². The van der Waals surface area contributed by atoms with E-state index in [1.165, 1.54) is 6.92 Å². The maximum absolute atomic E-state index is 13.0. The maximum Gasteiger partial charge on any atom is 0.251 e. The number of amides is 1. The first-order chi connectivity index (χ1) is 17.5. The predicted molar refractivity (Wildman–Crippen MR) is 146 cm³/mol. The van der Waals surface area contributed by atoms with Gasteiger partial charge in [0.05, 0.1) is 17.4 Å². The molecular weight excluding hydrogens is 466 g/mol. The lowest BCUT2D eigenvalue weighted by atomic mass is 9.84. The summed E-state index contributed by atoms with van der Waals surface area (Å²) in [6.07, 6.45) is 0. The molecule has 0 aromatic heterocycles. The Bertz CT molecular complexity index is 1180. The Balaban J connectivity index is 1.69. The molecular formula is C31H29NO3S. The fraction of sp³-hybridized carbons (Fsp3) is 0.161. The number of carbonyl (C=O) groups is 2. The van der Waals surface area contributed by atoms with Gasteiger partial charge in [0.25, 0.3) is 5.91 Å². The van der Waals surface area contributed by atoms with Crippen LogP contribution in [-0.4, -0.2) is 28.6 Å². The van der Waals surface area contributed by atoms with E-state index in [1.54, 1.807) is 36.0 Å². The molecule has 0 spiro atoms. The summed E-state index contributed by atoms with van der Waals surface area (Å²) < 4.78 is -0.578. The highest BCUT2D eigenvalue weighted by molar-refractivity contribution is 8.00. The van der Waals surface area contributed by atoms with Gasteiger partial charge in [-0.2, -0.15) is 0 Å². The number of Topliss-reactive ketones (excluding diaryl/α,β-unsaturated/α-hetero) is 1. The molecule has 0 aliphatic heterocycles. The van der Waals surface area contributed by atoms with Gasteiger partial charge in [0.15, 0.2) is 5.78 Å². The first-order valence-corrected chi connectivity index (χ1v) is 12.8. The Morgan fingerprint density at radius 3 is 1.58 bits per heavy atom. The quantitative estimate of drug-likeness (QED) is 0.282. The largest absolute Gasteiger partial charge is 0.392 e. The lowest BCUT2D eigenvalue weighted by molar-refractivity contribution is -0.118. The molecule has 4 rings (SSSR count). The number of aliphatic hydroxyl groups excluding tert-OH is 1. The number of nitrogens with one attached hydrogen (secondary N) is 1. The van der Waals surface area contributed by atoms with E-state index < -0.39 is 10.8 Å². The van der Waals surface area contributed by atoms with E-state index in [-0.39, 0.29) is 18.3 Å². The fourth-order valence-electron chi connectivity index (χ4n) is 4.24. The molecule has 2 N–H and O–H groups in total. The van der Waals surface area contributed by atoms with Crippen LogP contribution in [0, 0.1) is 0 Å². The van der Waals surface area contributed by atoms with Crippen LogP contribution in [0.25, 0.3) is 0 Å². The second-order valence-electron chi connectivity index (χ2n) is 8.58. The first kappa shape index (κ1) is 25.4. The van der Waals surface area contributed by atoms with E-state index in [0.29, 0.717) is 11.3 Å². The van der Waals surface area contributed by atoms with Gasteiger partial charge in [-0.25, -0.2) is 0 Å². The summed E-state index contributed by atoms with van der Waals surface area (Å²) in [5.74, 6) is -0.0370. The molecule has 0 saturated carbocycles. The number of rotatable bonds is 10. The van der Waals surface area contributed by atoms with E-state index >= 15 is 0 Å². The number of thioether (sulfide) groups is 1. The Labute approximate surface area is 216 Å². The monoisotopic (exact) mass is 495 g/mol. The minimum Gasteiger partial charge on any atom is -0.392 e. The van der Waals surface area contributed by atoms with Crippen molar-refractivity contribution in [1.82, 2.24) is 5.32 Å². The zero-order chi connectivity index (χ0) is 25.4. The SMILES string of the molecule is CC(=O)C(CSC(c1ccccc1)(c1ccccc1)c1ccccc1)NC(=O)c1ccc(CO)cc1. The summed E-state index contributed by atoms with van der Waals surface area (Å²) >= 11 is 1.64. The molecule has 0 saturated heterocycles. The Morgan fingerprint density at radius 1 is 0.750 bits per heavy atom. The van der Waals surface area contributed by atoms with Crippen molar-refractivity contribution in [2.45, 2.75) is 24.3 Å². The molecule has 4 aromatic carbocycles. The zero-order valence-corrected chi connectivity index (χ0v) is 20.9. The molecule has 0 aliphatic rings. The Hall–Kier alpha value is -3.67. The van der Waals surface area contributed by atoms with Crippen LogP contribution >= 0.6 is 11.8 Å². The molecule has 0 radical (unpaired) electrons. The van der Waals surface area contributed by atoms with Crippen molar-refractivity contribution in [3.63, 3.8) is 0 Å². The van der Waals surface area contributed by atoms with Crippen molar-refractivity contribution >= 4 is 23.5 Å². The highest BCUT2D eigenvalue weighted by Gasteiger charge is 2.38. The van der Waals surface area contributed by atoms with Gasteiger partial charge in [-0.3, -0.25) is 9.59 Å². The molecule has 0 heterocycles. The highest BCUT2D eigenvalue weighted by atomic mass is 32.2. The van der Waals surface area contributed by atoms with Gasteiger partial charge < -0.3 is 10.4 Å². The molecule has 4 aromatic rings. The van der Waals surface area contributed by atoms with E-state index in [2.05, 4.69) is 41.7 Å². The summed E-state index contributed by atoms with van der Waals surface area (Å²) in [4.78, 5) is 25.6. The smallest absolute Gasteiger partial charge is 0.251 e. The highest BCUT2D eigenvalue weighted by Crippen LogP contribution is 2.48. The topological polar surface area (TPSA) is 66.4 Å². The van der Waals surface area contributed by atoms with Crippen molar-refractivity contribution in [1.29, 1.82) is 0 Å². The van der Waals surface area contributed by atoms with E-state index in [4.69, 9.17) is 0 Å². The van der Waals surface area contributed by atoms with Crippen molar-refractivity contribution in [3.05, 3.63) is 143 Å². The van der Waals surface area contributed by atoms with Gasteiger partial charge in [0.1, 0.15) is 0 Å². The van der Waals surface area contributed by atoms with Crippen LogP contribution in [0.5, 0.6) is 0 Å². The summed E-state index contributed by atoms with van der Waals surface area (Å²) in [5.41, 5.74) is 4.47. The lowest BCUT2D eigenvalue weighted by Crippen LogP contribution is -2.43. The Kier molecular flexibility index (Phi) is 8.36. The van der Waals surface area contributed by atoms with Crippen LogP contribution in [-0.2, 0) is 16.1 Å². The number of hydrogen-bond acceptors (Lipinski definition) is 4. The van der Waals surface area contributed by atoms with E-state index in [1.807, 2.05) is 54.6 Å². The molecule has 4 nitrogen and oxygen atoms in total. The third kappa shape index (κ3) is 5.59. The molecule has 0 bridgehead atoms. The van der Waals surface area contributed by atoms with Crippen LogP contribution in [0.1, 0.15) is 39.5 Å². The van der Waals surface area contributed by atoms with Crippen LogP contribution < -0.4 is 5.32 Å². The summed E-state index contributed by atoms with van der Waals surface area (Å²) in [7, 11) is 0. The van der Waals surface area contributed by atoms with Crippen molar-refractivity contribution in [2.24, 2.45) is 0 Å². The maximum atomic E-state index is 13.0. The molecule has 1 atom stereocenters. The standard InChI is InChI=1S/C31H29NO3S/c1-23(34)29(32-30(35)25-19-17-24(21-33)18-20-25)22-36-31(26-11-5-2-6-12-26,27-13-7-3-8-14-27)28-15-9-4-10-16-28/h2-20,29,33H,21-22H2,1H3,(H,32,35). The van der Waals surface area contributed by atoms with Crippen LogP contribution in [0.4, 0.5) is 0 Å². The Morgan fingerprint density at radius 2 is 1.19 bits per heavy atom. The number of benzene rings is 4. The first-order valence-electron chi connectivity index (χ1n) is 11.9. The zero-order valence-electron chi connectivity index (χ0n) is 20.1. The minimum atomic E-state index is -0.671. The predicted octanol–water partition coefficient (Wildman–Crippen LogP) is 5.59.